The number of Topliss-reactive ketones (excluding diaryl/α,β-unsaturated/α-hetero) is 1. The highest BCUT2D eigenvalue weighted by Crippen LogP contribution is 2.26. The Morgan fingerprint density at radius 2 is 2.00 bits per heavy atom. The first kappa shape index (κ1) is 14.1. The summed E-state index contributed by atoms with van der Waals surface area (Å²) in [4.78, 5) is 10.8. The minimum atomic E-state index is -3.89. The van der Waals surface area contributed by atoms with E-state index in [1.54, 1.807) is 0 Å². The number of hydrogen-bond acceptors (Lipinski definition) is 3. The van der Waals surface area contributed by atoms with Crippen LogP contribution in [0.3, 0.4) is 0 Å². The SMILES string of the molecule is O=C1CCCC1CCS(=O)(=O)c1cc(F)ccc1F. The van der Waals surface area contributed by atoms with E-state index in [1.807, 2.05) is 0 Å². The molecular formula is C13H14F2O3S. The third-order valence-corrected chi connectivity index (χ3v) is 5.15. The van der Waals surface area contributed by atoms with Crippen molar-refractivity contribution in [2.45, 2.75) is 30.6 Å². The molecule has 1 unspecified atom stereocenters. The van der Waals surface area contributed by atoms with Gasteiger partial charge in [0, 0.05) is 12.3 Å². The van der Waals surface area contributed by atoms with E-state index in [4.69, 9.17) is 0 Å². The van der Waals surface area contributed by atoms with Gasteiger partial charge in [0.15, 0.2) is 9.84 Å². The summed E-state index contributed by atoms with van der Waals surface area (Å²) in [6.45, 7) is 0. The Morgan fingerprint density at radius 3 is 2.63 bits per heavy atom. The second kappa shape index (κ2) is 5.36. The number of carbonyl (C=O) groups excluding carboxylic acids is 1. The van der Waals surface area contributed by atoms with Gasteiger partial charge in [0.25, 0.3) is 0 Å². The van der Waals surface area contributed by atoms with Crippen LogP contribution < -0.4 is 0 Å². The van der Waals surface area contributed by atoms with Gasteiger partial charge in [0.05, 0.1) is 5.75 Å². The van der Waals surface area contributed by atoms with E-state index < -0.39 is 26.4 Å². The molecule has 0 N–H and O–H groups in total. The van der Waals surface area contributed by atoms with E-state index in [-0.39, 0.29) is 23.9 Å². The van der Waals surface area contributed by atoms with Crippen LogP contribution in [0.15, 0.2) is 23.1 Å². The Bertz CT molecular complexity index is 596. The molecule has 19 heavy (non-hydrogen) atoms. The van der Waals surface area contributed by atoms with Crippen LogP contribution in [0.5, 0.6) is 0 Å². The third kappa shape index (κ3) is 3.18. The number of halogens is 2. The second-order valence-electron chi connectivity index (χ2n) is 4.74. The summed E-state index contributed by atoms with van der Waals surface area (Å²) in [7, 11) is -3.89. The zero-order valence-electron chi connectivity index (χ0n) is 10.2. The first-order valence-electron chi connectivity index (χ1n) is 6.10. The second-order valence-corrected chi connectivity index (χ2v) is 6.82. The van der Waals surface area contributed by atoms with E-state index in [2.05, 4.69) is 0 Å². The molecule has 3 nitrogen and oxygen atoms in total. The number of sulfone groups is 1. The van der Waals surface area contributed by atoms with Gasteiger partial charge in [-0.05, 0) is 37.5 Å². The lowest BCUT2D eigenvalue weighted by atomic mass is 10.1. The molecule has 0 aliphatic heterocycles. The molecule has 1 saturated carbocycles. The lowest BCUT2D eigenvalue weighted by Crippen LogP contribution is -2.15. The van der Waals surface area contributed by atoms with Gasteiger partial charge in [0.2, 0.25) is 0 Å². The maximum Gasteiger partial charge on any atom is 0.181 e. The van der Waals surface area contributed by atoms with Gasteiger partial charge in [-0.15, -0.1) is 0 Å². The van der Waals surface area contributed by atoms with Crippen molar-refractivity contribution in [3.63, 3.8) is 0 Å². The molecule has 0 radical (unpaired) electrons. The summed E-state index contributed by atoms with van der Waals surface area (Å²) in [5.74, 6) is -2.28. The summed E-state index contributed by atoms with van der Waals surface area (Å²) in [6.07, 6.45) is 2.12. The topological polar surface area (TPSA) is 51.2 Å². The fourth-order valence-corrected chi connectivity index (χ4v) is 3.79. The molecule has 1 aromatic rings. The molecule has 0 heterocycles. The van der Waals surface area contributed by atoms with Crippen LogP contribution in [0.25, 0.3) is 0 Å². The fourth-order valence-electron chi connectivity index (χ4n) is 2.32. The highest BCUT2D eigenvalue weighted by Gasteiger charge is 2.27. The van der Waals surface area contributed by atoms with Crippen LogP contribution in [0, 0.1) is 17.6 Å². The van der Waals surface area contributed by atoms with Crippen LogP contribution in [-0.2, 0) is 14.6 Å². The van der Waals surface area contributed by atoms with Crippen molar-refractivity contribution >= 4 is 15.6 Å². The van der Waals surface area contributed by atoms with Crippen molar-refractivity contribution < 1.29 is 22.0 Å². The van der Waals surface area contributed by atoms with Crippen molar-refractivity contribution in [2.75, 3.05) is 5.75 Å². The van der Waals surface area contributed by atoms with E-state index in [0.29, 0.717) is 18.9 Å². The number of rotatable bonds is 4. The van der Waals surface area contributed by atoms with Crippen LogP contribution in [0.1, 0.15) is 25.7 Å². The van der Waals surface area contributed by atoms with Crippen LogP contribution in [-0.4, -0.2) is 20.0 Å². The lowest BCUT2D eigenvalue weighted by molar-refractivity contribution is -0.120. The van der Waals surface area contributed by atoms with Crippen molar-refractivity contribution in [3.05, 3.63) is 29.8 Å². The van der Waals surface area contributed by atoms with Crippen molar-refractivity contribution in [1.29, 1.82) is 0 Å². The molecular weight excluding hydrogens is 274 g/mol. The van der Waals surface area contributed by atoms with Gasteiger partial charge in [0.1, 0.15) is 22.3 Å². The monoisotopic (exact) mass is 288 g/mol. The van der Waals surface area contributed by atoms with Crippen LogP contribution in [0.2, 0.25) is 0 Å². The zero-order valence-corrected chi connectivity index (χ0v) is 11.1. The quantitative estimate of drug-likeness (QED) is 0.855. The van der Waals surface area contributed by atoms with Crippen molar-refractivity contribution in [1.82, 2.24) is 0 Å². The first-order valence-corrected chi connectivity index (χ1v) is 7.76. The molecule has 0 saturated heterocycles. The van der Waals surface area contributed by atoms with E-state index in [0.717, 1.165) is 18.6 Å². The molecule has 2 rings (SSSR count). The number of benzene rings is 1. The Labute approximate surface area is 110 Å². The number of carbonyl (C=O) groups is 1. The normalized spacial score (nSPS) is 19.9. The molecule has 1 aromatic carbocycles. The zero-order chi connectivity index (χ0) is 14.0. The van der Waals surface area contributed by atoms with Gasteiger partial charge in [-0.3, -0.25) is 4.79 Å². The molecule has 0 spiro atoms. The Kier molecular flexibility index (Phi) is 3.99. The van der Waals surface area contributed by atoms with E-state index in [1.165, 1.54) is 0 Å². The van der Waals surface area contributed by atoms with Crippen LogP contribution >= 0.6 is 0 Å². The molecule has 104 valence electrons. The maximum atomic E-state index is 13.4. The average Bonchev–Trinajstić information content (AvgIpc) is 2.75. The molecule has 0 bridgehead atoms. The molecule has 1 fully saturated rings. The highest BCUT2D eigenvalue weighted by molar-refractivity contribution is 7.91. The fraction of sp³-hybridized carbons (Fsp3) is 0.462. The van der Waals surface area contributed by atoms with Crippen molar-refractivity contribution in [2.24, 2.45) is 5.92 Å². The highest BCUT2D eigenvalue weighted by atomic mass is 32.2. The minimum absolute atomic E-state index is 0.0647. The van der Waals surface area contributed by atoms with Gasteiger partial charge in [-0.2, -0.15) is 0 Å². The Morgan fingerprint density at radius 1 is 1.26 bits per heavy atom. The molecule has 0 aromatic heterocycles. The lowest BCUT2D eigenvalue weighted by Gasteiger charge is -2.09. The summed E-state index contributed by atoms with van der Waals surface area (Å²) >= 11 is 0. The Hall–Kier alpha value is -1.30. The largest absolute Gasteiger partial charge is 0.299 e. The van der Waals surface area contributed by atoms with E-state index in [9.17, 15) is 22.0 Å². The van der Waals surface area contributed by atoms with Crippen LogP contribution in [0.4, 0.5) is 8.78 Å². The van der Waals surface area contributed by atoms with Gasteiger partial charge in [-0.1, -0.05) is 0 Å². The summed E-state index contributed by atoms with van der Waals surface area (Å²) in [6, 6.07) is 2.35. The number of hydrogen-bond donors (Lipinski definition) is 0. The average molecular weight is 288 g/mol. The summed E-state index contributed by atoms with van der Waals surface area (Å²) in [5, 5.41) is 0. The van der Waals surface area contributed by atoms with Gasteiger partial charge in [-0.25, -0.2) is 17.2 Å². The predicted octanol–water partition coefficient (Wildman–Crippen LogP) is 2.50. The van der Waals surface area contributed by atoms with E-state index >= 15 is 0 Å². The third-order valence-electron chi connectivity index (χ3n) is 3.39. The Balaban J connectivity index is 2.14. The molecule has 0 amide bonds. The summed E-state index contributed by atoms with van der Waals surface area (Å²) in [5.41, 5.74) is 0. The standard InChI is InChI=1S/C13H14F2O3S/c14-10-4-5-11(15)13(8-10)19(17,18)7-6-9-2-1-3-12(9)16/h4-5,8-9H,1-3,6-7H2. The van der Waals surface area contributed by atoms with Gasteiger partial charge >= 0.3 is 0 Å². The first-order chi connectivity index (χ1) is 8.90. The maximum absolute atomic E-state index is 13.4. The smallest absolute Gasteiger partial charge is 0.181 e. The van der Waals surface area contributed by atoms with Crippen molar-refractivity contribution in [3.8, 4) is 0 Å². The molecule has 6 heteroatoms. The summed E-state index contributed by atoms with van der Waals surface area (Å²) < 4.78 is 50.3. The number of ketones is 1. The molecule has 1 atom stereocenters. The molecule has 1 aliphatic rings. The predicted molar refractivity (Wildman–Crippen MR) is 65.4 cm³/mol. The molecule has 1 aliphatic carbocycles. The van der Waals surface area contributed by atoms with Gasteiger partial charge < -0.3 is 0 Å². The minimum Gasteiger partial charge on any atom is -0.299 e.